The molecule has 1 heterocycles. The summed E-state index contributed by atoms with van der Waals surface area (Å²) in [5.41, 5.74) is 1.36. The number of fused-ring (bicyclic) bond motifs is 1. The molecule has 2 aromatic rings. The third-order valence-corrected chi connectivity index (χ3v) is 3.84. The minimum Gasteiger partial charge on any atom is -0.268 e. The van der Waals surface area contributed by atoms with Crippen LogP contribution < -0.4 is 0 Å². The fourth-order valence-corrected chi connectivity index (χ4v) is 2.67. The number of nitrogens with zero attached hydrogens (tertiary/aromatic N) is 2. The first-order valence-corrected chi connectivity index (χ1v) is 7.26. The molecule has 0 spiro atoms. The van der Waals surface area contributed by atoms with E-state index in [4.69, 9.17) is 10.7 Å². The second-order valence-electron chi connectivity index (χ2n) is 3.72. The molecule has 0 saturated carbocycles. The molecular formula is C11H11ClN2O2S. The molecule has 4 nitrogen and oxygen atoms in total. The minimum atomic E-state index is -3.78. The number of hydrogen-bond acceptors (Lipinski definition) is 3. The monoisotopic (exact) mass is 270 g/mol. The van der Waals surface area contributed by atoms with Crippen molar-refractivity contribution < 1.29 is 8.42 Å². The normalized spacial score (nSPS) is 11.9. The van der Waals surface area contributed by atoms with Crippen LogP contribution in [0.4, 0.5) is 0 Å². The van der Waals surface area contributed by atoms with E-state index in [-0.39, 0.29) is 4.90 Å². The van der Waals surface area contributed by atoms with E-state index in [0.29, 0.717) is 12.1 Å². The second-order valence-corrected chi connectivity index (χ2v) is 6.25. The highest BCUT2D eigenvalue weighted by Crippen LogP contribution is 2.27. The average Bonchev–Trinajstić information content (AvgIpc) is 2.61. The lowest BCUT2D eigenvalue weighted by molar-refractivity contribution is 0.610. The van der Waals surface area contributed by atoms with E-state index in [1.165, 1.54) is 6.07 Å². The first-order chi connectivity index (χ1) is 7.93. The molecule has 0 aliphatic carbocycles. The molecule has 0 fully saturated rings. The summed E-state index contributed by atoms with van der Waals surface area (Å²) < 4.78 is 24.5. The Bertz CT molecular complexity index is 689. The number of aryl methyl sites for hydroxylation is 1. The van der Waals surface area contributed by atoms with Crippen molar-refractivity contribution in [3.05, 3.63) is 36.5 Å². The van der Waals surface area contributed by atoms with Gasteiger partial charge < -0.3 is 0 Å². The van der Waals surface area contributed by atoms with Crippen LogP contribution in [0.15, 0.2) is 35.9 Å². The van der Waals surface area contributed by atoms with Crippen molar-refractivity contribution in [1.29, 1.82) is 0 Å². The van der Waals surface area contributed by atoms with Crippen molar-refractivity contribution in [3.8, 4) is 0 Å². The van der Waals surface area contributed by atoms with Gasteiger partial charge in [0.05, 0.1) is 6.54 Å². The molecule has 0 bridgehead atoms. The van der Waals surface area contributed by atoms with Gasteiger partial charge >= 0.3 is 0 Å². The Morgan fingerprint density at radius 1 is 1.53 bits per heavy atom. The van der Waals surface area contributed by atoms with Gasteiger partial charge in [0.25, 0.3) is 9.05 Å². The number of aromatic nitrogens is 2. The van der Waals surface area contributed by atoms with Gasteiger partial charge in [-0.3, -0.25) is 4.68 Å². The SMILES string of the molecule is C=CCn1cc2c(C)ccc(S(=O)(=O)Cl)c2n1. The fraction of sp³-hybridized carbons (Fsp3) is 0.182. The summed E-state index contributed by atoms with van der Waals surface area (Å²) in [6, 6.07) is 3.20. The predicted octanol–water partition coefficient (Wildman–Crippen LogP) is 2.46. The Kier molecular flexibility index (Phi) is 2.97. The molecular weight excluding hydrogens is 260 g/mol. The highest BCUT2D eigenvalue weighted by Gasteiger charge is 2.17. The summed E-state index contributed by atoms with van der Waals surface area (Å²) in [6.45, 7) is 6.03. The van der Waals surface area contributed by atoms with Gasteiger partial charge in [-0.1, -0.05) is 12.1 Å². The first-order valence-electron chi connectivity index (χ1n) is 4.96. The largest absolute Gasteiger partial charge is 0.268 e. The van der Waals surface area contributed by atoms with Crippen molar-refractivity contribution in [2.75, 3.05) is 0 Å². The zero-order valence-electron chi connectivity index (χ0n) is 9.22. The number of rotatable bonds is 3. The maximum absolute atomic E-state index is 11.4. The van der Waals surface area contributed by atoms with Crippen LogP contribution in [0.2, 0.25) is 0 Å². The topological polar surface area (TPSA) is 52.0 Å². The van der Waals surface area contributed by atoms with Crippen LogP contribution in [0.25, 0.3) is 10.9 Å². The van der Waals surface area contributed by atoms with E-state index in [9.17, 15) is 8.42 Å². The molecule has 6 heteroatoms. The molecule has 0 atom stereocenters. The van der Waals surface area contributed by atoms with E-state index >= 15 is 0 Å². The predicted molar refractivity (Wildman–Crippen MR) is 67.7 cm³/mol. The van der Waals surface area contributed by atoms with E-state index < -0.39 is 9.05 Å². The number of allylic oxidation sites excluding steroid dienone is 1. The third-order valence-electron chi connectivity index (χ3n) is 2.48. The zero-order chi connectivity index (χ0) is 12.6. The van der Waals surface area contributed by atoms with Crippen LogP contribution in [0.5, 0.6) is 0 Å². The van der Waals surface area contributed by atoms with Gasteiger partial charge in [-0.05, 0) is 18.6 Å². The van der Waals surface area contributed by atoms with Gasteiger partial charge in [-0.15, -0.1) is 6.58 Å². The Morgan fingerprint density at radius 3 is 2.82 bits per heavy atom. The fourth-order valence-electron chi connectivity index (χ4n) is 1.68. The van der Waals surface area contributed by atoms with Gasteiger partial charge in [0.15, 0.2) is 0 Å². The first kappa shape index (κ1) is 12.1. The summed E-state index contributed by atoms with van der Waals surface area (Å²) in [6.07, 6.45) is 3.48. The van der Waals surface area contributed by atoms with E-state index in [2.05, 4.69) is 11.7 Å². The molecule has 2 rings (SSSR count). The lowest BCUT2D eigenvalue weighted by atomic mass is 10.1. The van der Waals surface area contributed by atoms with Crippen molar-refractivity contribution in [2.45, 2.75) is 18.4 Å². The lowest BCUT2D eigenvalue weighted by Crippen LogP contribution is -1.96. The molecule has 1 aromatic heterocycles. The Labute approximate surface area is 104 Å². The maximum Gasteiger partial charge on any atom is 0.263 e. The number of halogens is 1. The highest BCUT2D eigenvalue weighted by molar-refractivity contribution is 8.14. The van der Waals surface area contributed by atoms with Crippen molar-refractivity contribution in [2.24, 2.45) is 0 Å². The van der Waals surface area contributed by atoms with Crippen LogP contribution in [0.1, 0.15) is 5.56 Å². The number of benzene rings is 1. The summed E-state index contributed by atoms with van der Waals surface area (Å²) in [5.74, 6) is 0. The van der Waals surface area contributed by atoms with Gasteiger partial charge in [0.1, 0.15) is 10.4 Å². The van der Waals surface area contributed by atoms with Crippen LogP contribution in [-0.4, -0.2) is 18.2 Å². The molecule has 90 valence electrons. The van der Waals surface area contributed by atoms with Crippen molar-refractivity contribution in [1.82, 2.24) is 9.78 Å². The molecule has 0 aliphatic heterocycles. The molecule has 0 unspecified atom stereocenters. The summed E-state index contributed by atoms with van der Waals surface area (Å²) >= 11 is 0. The molecule has 1 aromatic carbocycles. The smallest absolute Gasteiger partial charge is 0.263 e. The minimum absolute atomic E-state index is 0.0441. The summed E-state index contributed by atoms with van der Waals surface area (Å²) in [4.78, 5) is 0.0441. The Balaban J connectivity index is 2.80. The molecule has 17 heavy (non-hydrogen) atoms. The summed E-state index contributed by atoms with van der Waals surface area (Å²) in [5, 5.41) is 5.00. The molecule has 0 amide bonds. The van der Waals surface area contributed by atoms with Crippen LogP contribution in [0.3, 0.4) is 0 Å². The Hall–Kier alpha value is -1.33. The number of hydrogen-bond donors (Lipinski definition) is 0. The molecule has 0 saturated heterocycles. The van der Waals surface area contributed by atoms with E-state index in [1.807, 2.05) is 6.92 Å². The quantitative estimate of drug-likeness (QED) is 0.636. The molecule has 0 aliphatic rings. The van der Waals surface area contributed by atoms with Crippen LogP contribution >= 0.6 is 10.7 Å². The van der Waals surface area contributed by atoms with Crippen molar-refractivity contribution in [3.63, 3.8) is 0 Å². The Morgan fingerprint density at radius 2 is 2.24 bits per heavy atom. The van der Waals surface area contributed by atoms with Crippen LogP contribution in [0, 0.1) is 6.92 Å². The van der Waals surface area contributed by atoms with Crippen molar-refractivity contribution >= 4 is 30.6 Å². The highest BCUT2D eigenvalue weighted by atomic mass is 35.7. The van der Waals surface area contributed by atoms with E-state index in [0.717, 1.165) is 10.9 Å². The van der Waals surface area contributed by atoms with Gasteiger partial charge in [0, 0.05) is 22.3 Å². The van der Waals surface area contributed by atoms with Gasteiger partial charge in [0.2, 0.25) is 0 Å². The van der Waals surface area contributed by atoms with Gasteiger partial charge in [-0.2, -0.15) is 5.10 Å². The maximum atomic E-state index is 11.4. The molecule has 0 radical (unpaired) electrons. The second kappa shape index (κ2) is 4.16. The summed E-state index contributed by atoms with van der Waals surface area (Å²) in [7, 11) is 1.60. The van der Waals surface area contributed by atoms with Gasteiger partial charge in [-0.25, -0.2) is 8.42 Å². The van der Waals surface area contributed by atoms with E-state index in [1.54, 1.807) is 23.0 Å². The third kappa shape index (κ3) is 2.21. The van der Waals surface area contributed by atoms with Crippen LogP contribution in [-0.2, 0) is 15.6 Å². The average molecular weight is 271 g/mol. The lowest BCUT2D eigenvalue weighted by Gasteiger charge is -1.99. The zero-order valence-corrected chi connectivity index (χ0v) is 10.8. The standard InChI is InChI=1S/C11H11ClN2O2S/c1-3-6-14-7-9-8(2)4-5-10(11(9)13-14)17(12,15)16/h3-5,7H,1,6H2,2H3. The molecule has 0 N–H and O–H groups in total.